The highest BCUT2D eigenvalue weighted by Crippen LogP contribution is 2.35. The molecule has 3 heteroatoms. The molecule has 1 aliphatic rings. The van der Waals surface area contributed by atoms with E-state index in [0.29, 0.717) is 0 Å². The van der Waals surface area contributed by atoms with Crippen molar-refractivity contribution in [2.24, 2.45) is 0 Å². The number of hydrogen-bond donors (Lipinski definition) is 0. The van der Waals surface area contributed by atoms with Gasteiger partial charge in [0.2, 0.25) is 0 Å². The van der Waals surface area contributed by atoms with Crippen LogP contribution >= 0.6 is 10.8 Å². The van der Waals surface area contributed by atoms with Crippen LogP contribution in [0.2, 0.25) is 0 Å². The van der Waals surface area contributed by atoms with Gasteiger partial charge in [-0.05, 0) is 22.8 Å². The summed E-state index contributed by atoms with van der Waals surface area (Å²) in [6.07, 6.45) is 0. The third kappa shape index (κ3) is 1.13. The highest BCUT2D eigenvalue weighted by molar-refractivity contribution is 8.82. The molecule has 1 aromatic carbocycles. The fourth-order valence-electron chi connectivity index (χ4n) is 0.961. The zero-order valence-corrected chi connectivity index (χ0v) is 7.69. The van der Waals surface area contributed by atoms with E-state index in [2.05, 4.69) is 24.3 Å². The molecule has 10 heavy (non-hydrogen) atoms. The van der Waals surface area contributed by atoms with Gasteiger partial charge < -0.3 is 0 Å². The molecule has 0 radical (unpaired) electrons. The van der Waals surface area contributed by atoms with Crippen LogP contribution in [-0.2, 0) is 25.4 Å². The zero-order chi connectivity index (χ0) is 6.97. The van der Waals surface area contributed by atoms with Crippen molar-refractivity contribution in [1.29, 1.82) is 0 Å². The van der Waals surface area contributed by atoms with Crippen molar-refractivity contribution in [3.05, 3.63) is 29.8 Å². The Morgan fingerprint density at radius 1 is 1.40 bits per heavy atom. The number of rotatable bonds is 0. The number of hydrogen-bond acceptors (Lipinski definition) is 2. The molecular weight excluding hydrogens is 180 g/mol. The molecule has 1 heterocycles. The Kier molecular flexibility index (Phi) is 1.80. The summed E-state index contributed by atoms with van der Waals surface area (Å²) < 4.78 is 0. The van der Waals surface area contributed by atoms with Crippen LogP contribution in [-0.4, -0.2) is 0 Å². The number of fused-ring (bicyclic) bond motifs is 1. The monoisotopic (exact) mass is 186 g/mol. The standard InChI is InChI=1S/C7H6S3/c8-10-5-6-3-1-2-4-7(6)9-10/h1-4H,5H2. The van der Waals surface area contributed by atoms with Gasteiger partial charge in [-0.3, -0.25) is 0 Å². The van der Waals surface area contributed by atoms with Crippen molar-refractivity contribution in [1.82, 2.24) is 0 Å². The summed E-state index contributed by atoms with van der Waals surface area (Å²) in [5, 5.41) is 0. The Morgan fingerprint density at radius 3 is 3.00 bits per heavy atom. The molecule has 1 unspecified atom stereocenters. The molecule has 0 aliphatic carbocycles. The van der Waals surface area contributed by atoms with Crippen LogP contribution in [0.3, 0.4) is 0 Å². The molecule has 0 fully saturated rings. The minimum Gasteiger partial charge on any atom is -0.0619 e. The first kappa shape index (κ1) is 6.83. The summed E-state index contributed by atoms with van der Waals surface area (Å²) in [6.45, 7) is 0. The maximum Gasteiger partial charge on any atom is 0.0343 e. The summed E-state index contributed by atoms with van der Waals surface area (Å²) in [5.41, 5.74) is 1.44. The van der Waals surface area contributed by atoms with Gasteiger partial charge in [-0.1, -0.05) is 37.5 Å². The Balaban J connectivity index is 2.51. The normalized spacial score (nSPS) is 22.6. The van der Waals surface area contributed by atoms with Gasteiger partial charge in [0.05, 0.1) is 0 Å². The van der Waals surface area contributed by atoms with E-state index in [0.717, 1.165) is 5.75 Å². The lowest BCUT2D eigenvalue weighted by molar-refractivity contribution is 1.29. The van der Waals surface area contributed by atoms with Crippen LogP contribution in [0.4, 0.5) is 0 Å². The fourth-order valence-corrected chi connectivity index (χ4v) is 4.89. The summed E-state index contributed by atoms with van der Waals surface area (Å²) in [7, 11) is 1.96. The van der Waals surface area contributed by atoms with Crippen molar-refractivity contribution in [2.45, 2.75) is 10.6 Å². The molecule has 1 aliphatic heterocycles. The van der Waals surface area contributed by atoms with Crippen LogP contribution in [0.15, 0.2) is 29.2 Å². The third-order valence-electron chi connectivity index (χ3n) is 1.43. The van der Waals surface area contributed by atoms with Gasteiger partial charge >= 0.3 is 0 Å². The summed E-state index contributed by atoms with van der Waals surface area (Å²) in [5.74, 6) is 1.09. The molecule has 0 spiro atoms. The minimum atomic E-state index is 0.131. The predicted octanol–water partition coefficient (Wildman–Crippen LogP) is 2.29. The molecule has 0 aromatic heterocycles. The van der Waals surface area contributed by atoms with E-state index >= 15 is 0 Å². The summed E-state index contributed by atoms with van der Waals surface area (Å²) in [4.78, 5) is 1.39. The fraction of sp³-hybridized carbons (Fsp3) is 0.143. The second-order valence-corrected chi connectivity index (χ2v) is 7.19. The predicted molar refractivity (Wildman–Crippen MR) is 50.7 cm³/mol. The highest BCUT2D eigenvalue weighted by atomic mass is 33.3. The van der Waals surface area contributed by atoms with E-state index < -0.39 is 0 Å². The van der Waals surface area contributed by atoms with Crippen molar-refractivity contribution in [2.75, 3.05) is 0 Å². The van der Waals surface area contributed by atoms with E-state index in [1.165, 1.54) is 10.5 Å². The van der Waals surface area contributed by atoms with Gasteiger partial charge in [0.25, 0.3) is 0 Å². The van der Waals surface area contributed by atoms with Crippen molar-refractivity contribution in [3.8, 4) is 0 Å². The second-order valence-electron chi connectivity index (χ2n) is 2.14. The van der Waals surface area contributed by atoms with Crippen LogP contribution in [0.25, 0.3) is 0 Å². The molecule has 0 saturated carbocycles. The number of benzene rings is 1. The molecule has 0 saturated heterocycles. The summed E-state index contributed by atoms with van der Waals surface area (Å²) >= 11 is 5.20. The molecule has 52 valence electrons. The van der Waals surface area contributed by atoms with Crippen molar-refractivity contribution < 1.29 is 0 Å². The first-order valence-corrected chi connectivity index (χ1v) is 6.66. The quantitative estimate of drug-likeness (QED) is 0.570. The van der Waals surface area contributed by atoms with Crippen molar-refractivity contribution in [3.63, 3.8) is 0 Å². The zero-order valence-electron chi connectivity index (χ0n) is 5.24. The van der Waals surface area contributed by atoms with Gasteiger partial charge in [-0.15, -0.1) is 0 Å². The van der Waals surface area contributed by atoms with Gasteiger partial charge in [-0.25, -0.2) is 0 Å². The second kappa shape index (κ2) is 2.64. The third-order valence-corrected chi connectivity index (χ3v) is 5.15. The van der Waals surface area contributed by atoms with Gasteiger partial charge in [0.1, 0.15) is 0 Å². The lowest BCUT2D eigenvalue weighted by atomic mass is 10.2. The van der Waals surface area contributed by atoms with Gasteiger partial charge in [0.15, 0.2) is 0 Å². The largest absolute Gasteiger partial charge is 0.0619 e. The maximum absolute atomic E-state index is 5.20. The van der Waals surface area contributed by atoms with E-state index in [1.807, 2.05) is 10.8 Å². The van der Waals surface area contributed by atoms with Crippen LogP contribution in [0.5, 0.6) is 0 Å². The topological polar surface area (TPSA) is 0 Å². The van der Waals surface area contributed by atoms with Crippen LogP contribution in [0, 0.1) is 0 Å². The Hall–Kier alpha value is 0.140. The lowest BCUT2D eigenvalue weighted by Crippen LogP contribution is -1.77. The Morgan fingerprint density at radius 2 is 2.20 bits per heavy atom. The Labute approximate surface area is 71.0 Å². The van der Waals surface area contributed by atoms with Gasteiger partial charge in [-0.2, -0.15) is 0 Å². The van der Waals surface area contributed by atoms with E-state index in [-0.39, 0.29) is 8.49 Å². The van der Waals surface area contributed by atoms with Crippen LogP contribution in [0.1, 0.15) is 5.56 Å². The molecule has 1 aromatic rings. The van der Waals surface area contributed by atoms with E-state index in [4.69, 9.17) is 11.2 Å². The first-order chi connectivity index (χ1) is 4.86. The molecule has 0 amide bonds. The molecule has 0 bridgehead atoms. The Bertz CT molecular complexity index is 253. The molecule has 0 N–H and O–H groups in total. The van der Waals surface area contributed by atoms with Crippen molar-refractivity contribution >= 4 is 30.5 Å². The average Bonchev–Trinajstić information content (AvgIpc) is 2.27. The molecule has 1 atom stereocenters. The van der Waals surface area contributed by atoms with E-state index in [1.54, 1.807) is 0 Å². The van der Waals surface area contributed by atoms with Crippen LogP contribution < -0.4 is 0 Å². The van der Waals surface area contributed by atoms with E-state index in [9.17, 15) is 0 Å². The molecular formula is C7H6S3. The molecule has 0 nitrogen and oxygen atoms in total. The minimum absolute atomic E-state index is 0.131. The lowest BCUT2D eigenvalue weighted by Gasteiger charge is -1.90. The first-order valence-electron chi connectivity index (χ1n) is 3.01. The molecule has 2 rings (SSSR count). The average molecular weight is 186 g/mol. The smallest absolute Gasteiger partial charge is 0.0343 e. The SMILES string of the molecule is S=S1Cc2ccccc2S1. The maximum atomic E-state index is 5.20. The highest BCUT2D eigenvalue weighted by Gasteiger charge is 2.13. The summed E-state index contributed by atoms with van der Waals surface area (Å²) in [6, 6.07) is 8.47. The van der Waals surface area contributed by atoms with Gasteiger partial charge in [0, 0.05) is 10.6 Å².